The van der Waals surface area contributed by atoms with E-state index in [-0.39, 0.29) is 11.6 Å². The molecular weight excluding hydrogens is 536 g/mol. The third-order valence-electron chi connectivity index (χ3n) is 5.78. The first kappa shape index (κ1) is 24.1. The number of hydrogen-bond acceptors (Lipinski definition) is 5. The molecule has 8 heteroatoms. The second-order valence-electron chi connectivity index (χ2n) is 8.34. The summed E-state index contributed by atoms with van der Waals surface area (Å²) in [6, 6.07) is 29.7. The molecule has 0 aliphatic heterocycles. The molecule has 0 fully saturated rings. The minimum atomic E-state index is -0.435. The second kappa shape index (κ2) is 11.0. The van der Waals surface area contributed by atoms with Crippen LogP contribution in [0.5, 0.6) is 5.88 Å². The zero-order valence-corrected chi connectivity index (χ0v) is 21.7. The van der Waals surface area contributed by atoms with Crippen LogP contribution in [0.2, 0.25) is 0 Å². The molecular formula is C28H23BrN4O2S. The van der Waals surface area contributed by atoms with E-state index in [0.29, 0.717) is 30.0 Å². The standard InChI is InChI=1S/C28H23BrN4O2S/c29-22-13-14-24-23(16-22)26(30-31-27(34)25-12-7-15-36-25)28(35)33(24)19-32(17-20-8-3-1-4-9-20)18-21-10-5-2-6-11-21/h1-16,35H,17-19H2. The minimum Gasteiger partial charge on any atom is -0.493 e. The number of benzene rings is 3. The van der Waals surface area contributed by atoms with E-state index in [9.17, 15) is 9.90 Å². The lowest BCUT2D eigenvalue weighted by molar-refractivity contribution is 0.0999. The predicted molar refractivity (Wildman–Crippen MR) is 147 cm³/mol. The number of fused-ring (bicyclic) bond motifs is 1. The van der Waals surface area contributed by atoms with Crippen LogP contribution in [0.25, 0.3) is 10.9 Å². The largest absolute Gasteiger partial charge is 0.493 e. The number of aromatic hydroxyl groups is 1. The molecule has 0 aliphatic rings. The number of nitrogens with zero attached hydrogens (tertiary/aromatic N) is 4. The van der Waals surface area contributed by atoms with E-state index in [0.717, 1.165) is 9.99 Å². The average Bonchev–Trinajstić information content (AvgIpc) is 3.51. The Morgan fingerprint density at radius 2 is 1.58 bits per heavy atom. The zero-order valence-electron chi connectivity index (χ0n) is 19.3. The molecule has 2 aromatic heterocycles. The van der Waals surface area contributed by atoms with Crippen molar-refractivity contribution in [2.45, 2.75) is 19.8 Å². The molecule has 5 rings (SSSR count). The van der Waals surface area contributed by atoms with E-state index < -0.39 is 5.91 Å². The zero-order chi connectivity index (χ0) is 24.9. The Bertz CT molecular complexity index is 1460. The Balaban J connectivity index is 1.52. The van der Waals surface area contributed by atoms with E-state index in [4.69, 9.17) is 0 Å². The Morgan fingerprint density at radius 3 is 2.19 bits per heavy atom. The maximum absolute atomic E-state index is 12.4. The summed E-state index contributed by atoms with van der Waals surface area (Å²) in [5, 5.41) is 21.9. The van der Waals surface area contributed by atoms with Gasteiger partial charge in [-0.1, -0.05) is 82.7 Å². The first-order valence-electron chi connectivity index (χ1n) is 11.4. The third kappa shape index (κ3) is 5.46. The number of amides is 1. The van der Waals surface area contributed by atoms with Gasteiger partial charge in [0.1, 0.15) is 0 Å². The highest BCUT2D eigenvalue weighted by Crippen LogP contribution is 2.40. The smallest absolute Gasteiger partial charge is 0.305 e. The summed E-state index contributed by atoms with van der Waals surface area (Å²) in [6.07, 6.45) is 0. The summed E-state index contributed by atoms with van der Waals surface area (Å²) in [4.78, 5) is 15.2. The average molecular weight is 559 g/mol. The van der Waals surface area contributed by atoms with Gasteiger partial charge in [0.05, 0.1) is 17.1 Å². The highest BCUT2D eigenvalue weighted by molar-refractivity contribution is 9.10. The Kier molecular flexibility index (Phi) is 7.36. The summed E-state index contributed by atoms with van der Waals surface area (Å²) in [7, 11) is 0. The maximum atomic E-state index is 12.4. The van der Waals surface area contributed by atoms with Gasteiger partial charge in [0.15, 0.2) is 5.69 Å². The van der Waals surface area contributed by atoms with Crippen LogP contribution >= 0.6 is 27.3 Å². The Labute approximate surface area is 221 Å². The van der Waals surface area contributed by atoms with Gasteiger partial charge in [-0.3, -0.25) is 14.3 Å². The van der Waals surface area contributed by atoms with Gasteiger partial charge in [-0.15, -0.1) is 21.6 Å². The van der Waals surface area contributed by atoms with E-state index in [2.05, 4.69) is 55.3 Å². The van der Waals surface area contributed by atoms with E-state index in [1.54, 1.807) is 12.1 Å². The molecule has 2 heterocycles. The molecule has 1 N–H and O–H groups in total. The van der Waals surface area contributed by atoms with Crippen molar-refractivity contribution in [1.29, 1.82) is 0 Å². The molecule has 0 unspecified atom stereocenters. The van der Waals surface area contributed by atoms with Crippen molar-refractivity contribution in [2.75, 3.05) is 0 Å². The molecule has 0 aliphatic carbocycles. The van der Waals surface area contributed by atoms with Gasteiger partial charge in [0, 0.05) is 22.9 Å². The van der Waals surface area contributed by atoms with Crippen molar-refractivity contribution in [3.8, 4) is 5.88 Å². The van der Waals surface area contributed by atoms with Crippen LogP contribution in [-0.2, 0) is 19.8 Å². The molecule has 0 saturated carbocycles. The number of rotatable bonds is 8. The second-order valence-corrected chi connectivity index (χ2v) is 10.2. The number of carbonyl (C=O) groups excluding carboxylic acids is 1. The van der Waals surface area contributed by atoms with Crippen LogP contribution in [0.15, 0.2) is 111 Å². The van der Waals surface area contributed by atoms with Crippen LogP contribution in [0, 0.1) is 0 Å². The van der Waals surface area contributed by atoms with Crippen molar-refractivity contribution >= 4 is 49.8 Å². The fourth-order valence-electron chi connectivity index (χ4n) is 4.12. The molecule has 0 radical (unpaired) electrons. The van der Waals surface area contributed by atoms with Crippen molar-refractivity contribution < 1.29 is 9.90 Å². The monoisotopic (exact) mass is 558 g/mol. The summed E-state index contributed by atoms with van der Waals surface area (Å²) in [5.74, 6) is -0.466. The summed E-state index contributed by atoms with van der Waals surface area (Å²) < 4.78 is 2.66. The van der Waals surface area contributed by atoms with Crippen molar-refractivity contribution in [1.82, 2.24) is 9.47 Å². The summed E-state index contributed by atoms with van der Waals surface area (Å²) in [6.45, 7) is 1.81. The quantitative estimate of drug-likeness (QED) is 0.198. The van der Waals surface area contributed by atoms with Gasteiger partial charge < -0.3 is 5.11 Å². The summed E-state index contributed by atoms with van der Waals surface area (Å²) >= 11 is 4.82. The molecule has 180 valence electrons. The van der Waals surface area contributed by atoms with Crippen LogP contribution in [-0.4, -0.2) is 20.5 Å². The lowest BCUT2D eigenvalue weighted by atomic mass is 10.2. The number of azo groups is 1. The van der Waals surface area contributed by atoms with Gasteiger partial charge in [0.25, 0.3) is 0 Å². The number of thiophene rings is 1. The summed E-state index contributed by atoms with van der Waals surface area (Å²) in [5.41, 5.74) is 3.43. The predicted octanol–water partition coefficient (Wildman–Crippen LogP) is 7.75. The van der Waals surface area contributed by atoms with Gasteiger partial charge >= 0.3 is 5.91 Å². The topological polar surface area (TPSA) is 70.2 Å². The van der Waals surface area contributed by atoms with Gasteiger partial charge in [-0.2, -0.15) is 0 Å². The first-order chi connectivity index (χ1) is 17.6. The highest BCUT2D eigenvalue weighted by atomic mass is 79.9. The molecule has 36 heavy (non-hydrogen) atoms. The fraction of sp³-hybridized carbons (Fsp3) is 0.107. The van der Waals surface area contributed by atoms with Gasteiger partial charge in [0.2, 0.25) is 5.88 Å². The highest BCUT2D eigenvalue weighted by Gasteiger charge is 2.20. The van der Waals surface area contributed by atoms with Crippen LogP contribution in [0.1, 0.15) is 20.8 Å². The molecule has 6 nitrogen and oxygen atoms in total. The lowest BCUT2D eigenvalue weighted by Crippen LogP contribution is -2.25. The van der Waals surface area contributed by atoms with Gasteiger partial charge in [-0.05, 0) is 40.8 Å². The molecule has 3 aromatic carbocycles. The van der Waals surface area contributed by atoms with Crippen molar-refractivity contribution in [2.24, 2.45) is 10.2 Å². The number of halogens is 1. The molecule has 0 spiro atoms. The molecule has 0 atom stereocenters. The molecule has 0 saturated heterocycles. The van der Waals surface area contributed by atoms with Crippen LogP contribution in [0.4, 0.5) is 5.69 Å². The van der Waals surface area contributed by atoms with Crippen LogP contribution < -0.4 is 0 Å². The molecule has 0 bridgehead atoms. The number of aromatic nitrogens is 1. The third-order valence-corrected chi connectivity index (χ3v) is 7.14. The SMILES string of the molecule is O=C(N=Nc1c(O)n(CN(Cc2ccccc2)Cc2ccccc2)c2ccc(Br)cc12)c1cccs1. The molecule has 5 aromatic rings. The maximum Gasteiger partial charge on any atom is 0.305 e. The first-order valence-corrected chi connectivity index (χ1v) is 13.1. The van der Waals surface area contributed by atoms with E-state index >= 15 is 0 Å². The lowest BCUT2D eigenvalue weighted by Gasteiger charge is -2.24. The van der Waals surface area contributed by atoms with Gasteiger partial charge in [-0.25, -0.2) is 0 Å². The minimum absolute atomic E-state index is 0.0306. The normalized spacial score (nSPS) is 11.6. The number of hydrogen-bond donors (Lipinski definition) is 1. The van der Waals surface area contributed by atoms with E-state index in [1.165, 1.54) is 22.5 Å². The fourth-order valence-corrected chi connectivity index (χ4v) is 5.09. The van der Waals surface area contributed by atoms with Crippen LogP contribution in [0.3, 0.4) is 0 Å². The van der Waals surface area contributed by atoms with Crippen molar-refractivity contribution in [3.05, 3.63) is 117 Å². The van der Waals surface area contributed by atoms with Crippen molar-refractivity contribution in [3.63, 3.8) is 0 Å². The van der Waals surface area contributed by atoms with E-state index in [1.807, 2.05) is 64.5 Å². The Morgan fingerprint density at radius 1 is 0.917 bits per heavy atom. The number of carbonyl (C=O) groups is 1. The Hall–Kier alpha value is -3.59. The molecule has 1 amide bonds.